The van der Waals surface area contributed by atoms with E-state index in [0.717, 1.165) is 35.5 Å². The number of carbonyl (C=O) groups is 2. The van der Waals surface area contributed by atoms with Crippen molar-refractivity contribution in [2.24, 2.45) is 0 Å². The van der Waals surface area contributed by atoms with E-state index in [4.69, 9.17) is 21.7 Å². The van der Waals surface area contributed by atoms with Gasteiger partial charge in [0.25, 0.3) is 11.6 Å². The van der Waals surface area contributed by atoms with Crippen LogP contribution in [0.25, 0.3) is 6.08 Å². The lowest BCUT2D eigenvalue weighted by molar-refractivity contribution is -0.385. The molecule has 1 fully saturated rings. The lowest BCUT2D eigenvalue weighted by Crippen LogP contribution is -2.31. The first-order valence-electron chi connectivity index (χ1n) is 9.22. The minimum absolute atomic E-state index is 0.00189. The largest absolute Gasteiger partial charge is 0.871 e. The minimum Gasteiger partial charge on any atom is -0.871 e. The van der Waals surface area contributed by atoms with Gasteiger partial charge >= 0.3 is 0 Å². The van der Waals surface area contributed by atoms with Gasteiger partial charge in [-0.3, -0.25) is 24.6 Å². The molecule has 0 spiro atoms. The zero-order valence-electron chi connectivity index (χ0n) is 16.2. The molecule has 4 rings (SSSR count). The number of anilines is 1. The number of non-ortho nitro benzene ring substituents is 1. The van der Waals surface area contributed by atoms with Crippen LogP contribution in [0.1, 0.15) is 12.0 Å². The molecule has 2 aliphatic heterocycles. The number of nitrogens with one attached hydrogen (secondary N) is 1. The van der Waals surface area contributed by atoms with Crippen molar-refractivity contribution < 1.29 is 29.1 Å². The molecule has 1 N–H and O–H groups in total. The maximum Gasteiger partial charge on any atom is 0.271 e. The van der Waals surface area contributed by atoms with Gasteiger partial charge in [-0.25, -0.2) is 0 Å². The standard InChI is InChI=1S/C20H15N3O7S2/c24-14-3-2-12(23(27)28)9-13(14)21-18(25)5-6-22-19(26)17(32-20(22)31)8-11-1-4-15-16(7-11)30-10-29-15/h1-4,7-9,24H,5-6,10H2,(H,21,25)/p-1/b17-8+. The monoisotopic (exact) mass is 472 g/mol. The smallest absolute Gasteiger partial charge is 0.271 e. The normalized spacial score (nSPS) is 16.0. The Morgan fingerprint density at radius 3 is 2.81 bits per heavy atom. The molecule has 0 radical (unpaired) electrons. The first kappa shape index (κ1) is 21.6. The quantitative estimate of drug-likeness (QED) is 0.291. The third-order valence-electron chi connectivity index (χ3n) is 4.58. The Balaban J connectivity index is 1.39. The second-order valence-electron chi connectivity index (χ2n) is 6.68. The van der Waals surface area contributed by atoms with Crippen molar-refractivity contribution in [2.75, 3.05) is 18.7 Å². The molecule has 2 aliphatic rings. The molecular weight excluding hydrogens is 458 g/mol. The Morgan fingerprint density at radius 1 is 1.25 bits per heavy atom. The topological polar surface area (TPSA) is 134 Å². The summed E-state index contributed by atoms with van der Waals surface area (Å²) in [5.41, 5.74) is 0.226. The molecule has 0 unspecified atom stereocenters. The highest BCUT2D eigenvalue weighted by molar-refractivity contribution is 8.26. The number of rotatable bonds is 6. The van der Waals surface area contributed by atoms with E-state index in [1.54, 1.807) is 24.3 Å². The van der Waals surface area contributed by atoms with Gasteiger partial charge < -0.3 is 19.9 Å². The van der Waals surface area contributed by atoms with Crippen molar-refractivity contribution in [1.29, 1.82) is 0 Å². The minimum atomic E-state index is -0.665. The third kappa shape index (κ3) is 4.50. The van der Waals surface area contributed by atoms with Gasteiger partial charge in [-0.05, 0) is 23.8 Å². The highest BCUT2D eigenvalue weighted by Gasteiger charge is 2.32. The van der Waals surface area contributed by atoms with Crippen LogP contribution in [0.4, 0.5) is 11.4 Å². The molecule has 0 aliphatic carbocycles. The SMILES string of the molecule is O=C(CCN1C(=O)/C(=C\c2ccc3c(c2)OCO3)SC1=S)Nc1cc([N+](=O)[O-])ccc1[O-]. The Kier molecular flexibility index (Phi) is 5.97. The van der Waals surface area contributed by atoms with Crippen LogP contribution in [0.15, 0.2) is 41.3 Å². The second kappa shape index (κ2) is 8.85. The van der Waals surface area contributed by atoms with Gasteiger partial charge in [0.1, 0.15) is 4.32 Å². The fourth-order valence-electron chi connectivity index (χ4n) is 3.00. The number of nitrogens with zero attached hydrogens (tertiary/aromatic N) is 2. The van der Waals surface area contributed by atoms with Gasteiger partial charge in [0.2, 0.25) is 12.7 Å². The molecule has 2 aromatic rings. The number of hydrogen-bond acceptors (Lipinski definition) is 9. The number of nitro groups is 1. The summed E-state index contributed by atoms with van der Waals surface area (Å²) in [6.07, 6.45) is 1.53. The lowest BCUT2D eigenvalue weighted by atomic mass is 10.2. The second-order valence-corrected chi connectivity index (χ2v) is 8.36. The van der Waals surface area contributed by atoms with Crippen LogP contribution in [-0.4, -0.2) is 39.3 Å². The van der Waals surface area contributed by atoms with Crippen LogP contribution in [0, 0.1) is 10.1 Å². The highest BCUT2D eigenvalue weighted by atomic mass is 32.2. The number of thiocarbonyl (C=S) groups is 1. The zero-order valence-corrected chi connectivity index (χ0v) is 17.9. The van der Waals surface area contributed by atoms with E-state index in [1.807, 2.05) is 0 Å². The number of thioether (sulfide) groups is 1. The lowest BCUT2D eigenvalue weighted by Gasteiger charge is -2.16. The summed E-state index contributed by atoms with van der Waals surface area (Å²) in [7, 11) is 0. The number of nitro benzene ring substituents is 1. The van der Waals surface area contributed by atoms with Crippen molar-refractivity contribution >= 4 is 57.6 Å². The van der Waals surface area contributed by atoms with Crippen LogP contribution in [-0.2, 0) is 9.59 Å². The summed E-state index contributed by atoms with van der Waals surface area (Å²) in [5.74, 6) is -0.251. The number of hydrogen-bond donors (Lipinski definition) is 1. The molecule has 2 amide bonds. The summed E-state index contributed by atoms with van der Waals surface area (Å²) >= 11 is 6.38. The van der Waals surface area contributed by atoms with Gasteiger partial charge in [0.05, 0.1) is 9.83 Å². The van der Waals surface area contributed by atoms with E-state index < -0.39 is 16.6 Å². The molecule has 0 aromatic heterocycles. The van der Waals surface area contributed by atoms with Crippen LogP contribution in [0.2, 0.25) is 0 Å². The highest BCUT2D eigenvalue weighted by Crippen LogP contribution is 2.36. The average molecular weight is 472 g/mol. The van der Waals surface area contributed by atoms with Gasteiger partial charge in [-0.15, -0.1) is 0 Å². The van der Waals surface area contributed by atoms with Crippen LogP contribution >= 0.6 is 24.0 Å². The average Bonchev–Trinajstić information content (AvgIpc) is 3.32. The maximum absolute atomic E-state index is 12.7. The predicted octanol–water partition coefficient (Wildman–Crippen LogP) is 2.63. The molecule has 10 nitrogen and oxygen atoms in total. The molecule has 2 heterocycles. The molecule has 32 heavy (non-hydrogen) atoms. The number of benzene rings is 2. The molecule has 0 bridgehead atoms. The Hall–Kier alpha value is -3.64. The zero-order chi connectivity index (χ0) is 22.8. The van der Waals surface area contributed by atoms with E-state index >= 15 is 0 Å². The maximum atomic E-state index is 12.7. The summed E-state index contributed by atoms with van der Waals surface area (Å²) in [6, 6.07) is 8.35. The number of amides is 2. The Labute approximate surface area is 190 Å². The van der Waals surface area contributed by atoms with Crippen molar-refractivity contribution in [1.82, 2.24) is 4.90 Å². The van der Waals surface area contributed by atoms with Gasteiger partial charge in [-0.2, -0.15) is 0 Å². The van der Waals surface area contributed by atoms with Crippen molar-refractivity contribution in [3.8, 4) is 17.2 Å². The molecule has 164 valence electrons. The number of carbonyl (C=O) groups excluding carboxylic acids is 2. The summed E-state index contributed by atoms with van der Waals surface area (Å²) in [5, 5.41) is 25.0. The van der Waals surface area contributed by atoms with Gasteiger partial charge in [-0.1, -0.05) is 41.9 Å². The molecule has 2 aromatic carbocycles. The summed E-state index contributed by atoms with van der Waals surface area (Å²) in [4.78, 5) is 36.9. The van der Waals surface area contributed by atoms with E-state index in [2.05, 4.69) is 5.32 Å². The summed E-state index contributed by atoms with van der Waals surface area (Å²) in [6.45, 7) is 0.144. The van der Waals surface area contributed by atoms with Gasteiger partial charge in [0.15, 0.2) is 11.5 Å². The van der Waals surface area contributed by atoms with E-state index in [9.17, 15) is 24.8 Å². The van der Waals surface area contributed by atoms with Crippen LogP contribution < -0.4 is 19.9 Å². The Bertz CT molecular complexity index is 1180. The van der Waals surface area contributed by atoms with Crippen molar-refractivity contribution in [3.63, 3.8) is 0 Å². The number of fused-ring (bicyclic) bond motifs is 1. The molecule has 1 saturated heterocycles. The predicted molar refractivity (Wildman–Crippen MR) is 118 cm³/mol. The first-order chi connectivity index (χ1) is 15.3. The Morgan fingerprint density at radius 2 is 2.03 bits per heavy atom. The molecule has 0 saturated carbocycles. The fraction of sp³-hybridized carbons (Fsp3) is 0.150. The van der Waals surface area contributed by atoms with E-state index in [0.29, 0.717) is 20.7 Å². The van der Waals surface area contributed by atoms with Gasteiger partial charge in [0, 0.05) is 30.8 Å². The molecular formula is C20H14N3O7S2-. The molecule has 0 atom stereocenters. The van der Waals surface area contributed by atoms with E-state index in [-0.39, 0.29) is 37.0 Å². The third-order valence-corrected chi connectivity index (χ3v) is 5.96. The number of ether oxygens (including phenoxy) is 2. The van der Waals surface area contributed by atoms with Crippen molar-refractivity contribution in [3.05, 3.63) is 57.0 Å². The fourth-order valence-corrected chi connectivity index (χ4v) is 4.31. The molecule has 12 heteroatoms. The van der Waals surface area contributed by atoms with Crippen molar-refractivity contribution in [2.45, 2.75) is 6.42 Å². The van der Waals surface area contributed by atoms with Crippen LogP contribution in [0.5, 0.6) is 17.2 Å². The summed E-state index contributed by atoms with van der Waals surface area (Å²) < 4.78 is 10.9. The van der Waals surface area contributed by atoms with Crippen LogP contribution in [0.3, 0.4) is 0 Å². The van der Waals surface area contributed by atoms with E-state index in [1.165, 1.54) is 4.90 Å². The first-order valence-corrected chi connectivity index (χ1v) is 10.4.